The first-order valence-corrected chi connectivity index (χ1v) is 9.46. The van der Waals surface area contributed by atoms with Gasteiger partial charge < -0.3 is 10.2 Å². The van der Waals surface area contributed by atoms with E-state index in [4.69, 9.17) is 0 Å². The fourth-order valence-electron chi connectivity index (χ4n) is 2.70. The average Bonchev–Trinajstić information content (AvgIpc) is 3.34. The molecule has 26 heavy (non-hydrogen) atoms. The highest BCUT2D eigenvalue weighted by Crippen LogP contribution is 2.41. The maximum atomic E-state index is 12.2. The van der Waals surface area contributed by atoms with Crippen molar-refractivity contribution in [3.05, 3.63) is 30.1 Å². The van der Waals surface area contributed by atoms with Crippen molar-refractivity contribution >= 4 is 29.3 Å². The van der Waals surface area contributed by atoms with Gasteiger partial charge in [0.25, 0.3) is 0 Å². The lowest BCUT2D eigenvalue weighted by Crippen LogP contribution is -2.29. The van der Waals surface area contributed by atoms with Crippen LogP contribution in [0.25, 0.3) is 5.69 Å². The van der Waals surface area contributed by atoms with Crippen LogP contribution in [0.2, 0.25) is 0 Å². The predicted molar refractivity (Wildman–Crippen MR) is 102 cm³/mol. The van der Waals surface area contributed by atoms with Crippen LogP contribution in [0.15, 0.2) is 29.4 Å². The van der Waals surface area contributed by atoms with Gasteiger partial charge in [0.1, 0.15) is 5.82 Å². The summed E-state index contributed by atoms with van der Waals surface area (Å²) in [5, 5.41) is 12.0. The summed E-state index contributed by atoms with van der Waals surface area (Å²) in [4.78, 5) is 25.2. The maximum absolute atomic E-state index is 12.2. The van der Waals surface area contributed by atoms with Crippen molar-refractivity contribution in [3.8, 4) is 5.69 Å². The second-order valence-electron chi connectivity index (χ2n) is 6.67. The van der Waals surface area contributed by atoms with Gasteiger partial charge in [-0.05, 0) is 38.0 Å². The van der Waals surface area contributed by atoms with Crippen LogP contribution in [-0.2, 0) is 9.59 Å². The summed E-state index contributed by atoms with van der Waals surface area (Å²) >= 11 is 1.40. The molecule has 2 amide bonds. The smallest absolute Gasteiger partial charge is 0.235 e. The van der Waals surface area contributed by atoms with E-state index in [0.29, 0.717) is 11.1 Å². The molecule has 3 rings (SSSR count). The molecule has 0 spiro atoms. The van der Waals surface area contributed by atoms with Gasteiger partial charge in [0.15, 0.2) is 5.16 Å². The van der Waals surface area contributed by atoms with Crippen LogP contribution in [0.4, 0.5) is 5.69 Å². The Bertz CT molecular complexity index is 829. The molecule has 1 unspecified atom stereocenters. The Morgan fingerprint density at radius 2 is 2.04 bits per heavy atom. The molecule has 2 aromatic rings. The Hall–Kier alpha value is -2.35. The van der Waals surface area contributed by atoms with Gasteiger partial charge in [-0.1, -0.05) is 17.8 Å². The molecule has 1 aromatic carbocycles. The summed E-state index contributed by atoms with van der Waals surface area (Å²) in [6.07, 6.45) is 2.20. The van der Waals surface area contributed by atoms with Gasteiger partial charge in [-0.25, -0.2) is 0 Å². The minimum atomic E-state index is -0.265. The highest BCUT2D eigenvalue weighted by molar-refractivity contribution is 8.00. The second kappa shape index (κ2) is 7.49. The number of benzene rings is 1. The van der Waals surface area contributed by atoms with E-state index in [1.807, 2.05) is 35.8 Å². The SMILES string of the molecule is CC(=O)Nc1cccc(-n2c(SC(C)C(=O)N(C)C)nnc2C2CC2)c1. The lowest BCUT2D eigenvalue weighted by atomic mass is 10.2. The number of nitrogens with one attached hydrogen (secondary N) is 1. The summed E-state index contributed by atoms with van der Waals surface area (Å²) in [6, 6.07) is 7.60. The molecule has 1 heterocycles. The van der Waals surface area contributed by atoms with Crippen LogP contribution in [0, 0.1) is 0 Å². The third-order valence-electron chi connectivity index (χ3n) is 4.10. The van der Waals surface area contributed by atoms with E-state index >= 15 is 0 Å². The number of rotatable bonds is 6. The fourth-order valence-corrected chi connectivity index (χ4v) is 3.72. The molecule has 0 saturated heterocycles. The summed E-state index contributed by atoms with van der Waals surface area (Å²) < 4.78 is 2.01. The topological polar surface area (TPSA) is 80.1 Å². The number of thioether (sulfide) groups is 1. The first kappa shape index (κ1) is 18.4. The Morgan fingerprint density at radius 1 is 1.31 bits per heavy atom. The number of amides is 2. The summed E-state index contributed by atoms with van der Waals surface area (Å²) in [5.74, 6) is 1.23. The van der Waals surface area contributed by atoms with Gasteiger partial charge in [0.2, 0.25) is 11.8 Å². The fraction of sp³-hybridized carbons (Fsp3) is 0.444. The molecule has 1 aliphatic rings. The molecular formula is C18H23N5O2S. The third kappa shape index (κ3) is 4.07. The lowest BCUT2D eigenvalue weighted by Gasteiger charge is -2.17. The molecular weight excluding hydrogens is 350 g/mol. The second-order valence-corrected chi connectivity index (χ2v) is 7.98. The van der Waals surface area contributed by atoms with E-state index in [0.717, 1.165) is 30.0 Å². The van der Waals surface area contributed by atoms with Crippen LogP contribution in [0.3, 0.4) is 0 Å². The van der Waals surface area contributed by atoms with Crippen molar-refractivity contribution in [2.45, 2.75) is 43.0 Å². The number of carbonyl (C=O) groups is 2. The zero-order valence-electron chi connectivity index (χ0n) is 15.4. The van der Waals surface area contributed by atoms with Gasteiger partial charge in [-0.15, -0.1) is 10.2 Å². The molecule has 1 aliphatic carbocycles. The van der Waals surface area contributed by atoms with E-state index in [1.54, 1.807) is 19.0 Å². The van der Waals surface area contributed by atoms with Gasteiger partial charge in [0, 0.05) is 32.6 Å². The zero-order chi connectivity index (χ0) is 18.8. The monoisotopic (exact) mass is 373 g/mol. The first-order chi connectivity index (χ1) is 12.4. The molecule has 1 N–H and O–H groups in total. The Morgan fingerprint density at radius 3 is 2.65 bits per heavy atom. The minimum absolute atomic E-state index is 0.0320. The normalized spacial score (nSPS) is 14.8. The van der Waals surface area contributed by atoms with Gasteiger partial charge in [0.05, 0.1) is 10.9 Å². The third-order valence-corrected chi connectivity index (χ3v) is 5.13. The molecule has 1 saturated carbocycles. The van der Waals surface area contributed by atoms with Gasteiger partial charge >= 0.3 is 0 Å². The van der Waals surface area contributed by atoms with Crippen molar-refractivity contribution in [1.82, 2.24) is 19.7 Å². The summed E-state index contributed by atoms with van der Waals surface area (Å²) in [7, 11) is 3.49. The van der Waals surface area contributed by atoms with E-state index in [2.05, 4.69) is 15.5 Å². The number of aromatic nitrogens is 3. The standard InChI is InChI=1S/C18H23N5O2S/c1-11(17(25)22(3)4)26-18-21-20-16(13-8-9-13)23(18)15-7-5-6-14(10-15)19-12(2)24/h5-7,10-11,13H,8-9H2,1-4H3,(H,19,24). The van der Waals surface area contributed by atoms with Crippen LogP contribution in [0.1, 0.15) is 38.4 Å². The average molecular weight is 373 g/mol. The molecule has 0 bridgehead atoms. The molecule has 0 radical (unpaired) electrons. The predicted octanol–water partition coefficient (Wildman–Crippen LogP) is 2.67. The summed E-state index contributed by atoms with van der Waals surface area (Å²) in [6.45, 7) is 3.35. The highest BCUT2D eigenvalue weighted by atomic mass is 32.2. The molecule has 1 fully saturated rings. The van der Waals surface area contributed by atoms with Crippen molar-refractivity contribution in [2.75, 3.05) is 19.4 Å². The van der Waals surface area contributed by atoms with Crippen molar-refractivity contribution in [2.24, 2.45) is 0 Å². The Kier molecular flexibility index (Phi) is 5.31. The number of hydrogen-bond acceptors (Lipinski definition) is 5. The van der Waals surface area contributed by atoms with Crippen molar-refractivity contribution in [3.63, 3.8) is 0 Å². The van der Waals surface area contributed by atoms with Crippen molar-refractivity contribution < 1.29 is 9.59 Å². The lowest BCUT2D eigenvalue weighted by molar-refractivity contribution is -0.127. The molecule has 1 aromatic heterocycles. The van der Waals surface area contributed by atoms with Crippen molar-refractivity contribution in [1.29, 1.82) is 0 Å². The molecule has 8 heteroatoms. The number of nitrogens with zero attached hydrogens (tertiary/aromatic N) is 4. The number of anilines is 1. The van der Waals surface area contributed by atoms with Crippen LogP contribution in [-0.4, -0.2) is 50.8 Å². The minimum Gasteiger partial charge on any atom is -0.348 e. The zero-order valence-corrected chi connectivity index (χ0v) is 16.2. The van der Waals surface area contributed by atoms with Crippen LogP contribution in [0.5, 0.6) is 0 Å². The number of carbonyl (C=O) groups excluding carboxylic acids is 2. The molecule has 1 atom stereocenters. The molecule has 0 aliphatic heterocycles. The molecule has 138 valence electrons. The van der Waals surface area contributed by atoms with Gasteiger partial charge in [-0.2, -0.15) is 0 Å². The van der Waals surface area contributed by atoms with E-state index in [1.165, 1.54) is 18.7 Å². The highest BCUT2D eigenvalue weighted by Gasteiger charge is 2.32. The first-order valence-electron chi connectivity index (χ1n) is 8.58. The van der Waals surface area contributed by atoms with Crippen LogP contribution < -0.4 is 5.32 Å². The van der Waals surface area contributed by atoms with Gasteiger partial charge in [-0.3, -0.25) is 14.2 Å². The largest absolute Gasteiger partial charge is 0.348 e. The van der Waals surface area contributed by atoms with E-state index < -0.39 is 0 Å². The Balaban J connectivity index is 1.96. The van der Waals surface area contributed by atoms with E-state index in [9.17, 15) is 9.59 Å². The molecule has 7 nitrogen and oxygen atoms in total. The number of hydrogen-bond donors (Lipinski definition) is 1. The maximum Gasteiger partial charge on any atom is 0.235 e. The van der Waals surface area contributed by atoms with E-state index in [-0.39, 0.29) is 17.1 Å². The Labute approximate surface area is 157 Å². The van der Waals surface area contributed by atoms with Crippen LogP contribution >= 0.6 is 11.8 Å². The summed E-state index contributed by atoms with van der Waals surface area (Å²) in [5.41, 5.74) is 1.61. The quantitative estimate of drug-likeness (QED) is 0.788.